The molecule has 0 N–H and O–H groups in total. The van der Waals surface area contributed by atoms with Crippen LogP contribution in [0.25, 0.3) is 0 Å². The summed E-state index contributed by atoms with van der Waals surface area (Å²) in [4.78, 5) is 0. The van der Waals surface area contributed by atoms with Crippen molar-refractivity contribution in [2.75, 3.05) is 6.61 Å². The van der Waals surface area contributed by atoms with Gasteiger partial charge in [-0.3, -0.25) is 0 Å². The Morgan fingerprint density at radius 1 is 1.29 bits per heavy atom. The SMILES string of the molecule is CCCC1OC(C)(CC)OCC1CC. The molecule has 1 fully saturated rings. The average molecular weight is 200 g/mol. The van der Waals surface area contributed by atoms with Crippen molar-refractivity contribution in [1.82, 2.24) is 0 Å². The smallest absolute Gasteiger partial charge is 0.165 e. The van der Waals surface area contributed by atoms with E-state index in [4.69, 9.17) is 9.47 Å². The highest BCUT2D eigenvalue weighted by Crippen LogP contribution is 2.32. The van der Waals surface area contributed by atoms with Crippen LogP contribution >= 0.6 is 0 Å². The van der Waals surface area contributed by atoms with Crippen LogP contribution in [0.5, 0.6) is 0 Å². The van der Waals surface area contributed by atoms with Gasteiger partial charge >= 0.3 is 0 Å². The molecule has 0 aliphatic carbocycles. The van der Waals surface area contributed by atoms with Crippen LogP contribution in [0, 0.1) is 5.92 Å². The minimum atomic E-state index is -0.328. The molecule has 1 rings (SSSR count). The first kappa shape index (κ1) is 12.0. The predicted octanol–water partition coefficient (Wildman–Crippen LogP) is 3.35. The summed E-state index contributed by atoms with van der Waals surface area (Å²) in [6.07, 6.45) is 4.86. The Hall–Kier alpha value is -0.0800. The molecule has 1 aliphatic heterocycles. The fourth-order valence-corrected chi connectivity index (χ4v) is 1.99. The summed E-state index contributed by atoms with van der Waals surface area (Å²) in [6, 6.07) is 0. The van der Waals surface area contributed by atoms with E-state index in [1.807, 2.05) is 0 Å². The molecule has 1 saturated heterocycles. The maximum atomic E-state index is 6.04. The van der Waals surface area contributed by atoms with Gasteiger partial charge in [0.2, 0.25) is 0 Å². The molecule has 84 valence electrons. The number of hydrogen-bond acceptors (Lipinski definition) is 2. The summed E-state index contributed by atoms with van der Waals surface area (Å²) < 4.78 is 11.8. The van der Waals surface area contributed by atoms with Gasteiger partial charge in [0.25, 0.3) is 0 Å². The molecular weight excluding hydrogens is 176 g/mol. The Morgan fingerprint density at radius 3 is 2.50 bits per heavy atom. The Kier molecular flexibility index (Phi) is 4.39. The Balaban J connectivity index is 2.56. The van der Waals surface area contributed by atoms with Gasteiger partial charge in [-0.15, -0.1) is 0 Å². The summed E-state index contributed by atoms with van der Waals surface area (Å²) in [5.41, 5.74) is 0. The van der Waals surface area contributed by atoms with Gasteiger partial charge < -0.3 is 9.47 Å². The van der Waals surface area contributed by atoms with Gasteiger partial charge in [0.15, 0.2) is 5.79 Å². The lowest BCUT2D eigenvalue weighted by molar-refractivity contribution is -0.304. The van der Waals surface area contributed by atoms with Crippen molar-refractivity contribution >= 4 is 0 Å². The lowest BCUT2D eigenvalue weighted by Crippen LogP contribution is -2.46. The van der Waals surface area contributed by atoms with Gasteiger partial charge in [-0.05, 0) is 26.2 Å². The van der Waals surface area contributed by atoms with Crippen LogP contribution in [0.1, 0.15) is 53.4 Å². The van der Waals surface area contributed by atoms with E-state index in [2.05, 4.69) is 27.7 Å². The zero-order valence-electron chi connectivity index (χ0n) is 10.0. The van der Waals surface area contributed by atoms with Crippen LogP contribution < -0.4 is 0 Å². The second kappa shape index (κ2) is 5.13. The van der Waals surface area contributed by atoms with E-state index in [1.54, 1.807) is 0 Å². The Morgan fingerprint density at radius 2 is 2.00 bits per heavy atom. The molecule has 0 spiro atoms. The third-order valence-corrected chi connectivity index (χ3v) is 3.27. The molecule has 1 heterocycles. The standard InChI is InChI=1S/C12H24O2/c1-5-8-11-10(6-2)9-13-12(4,7-3)14-11/h10-11H,5-9H2,1-4H3. The molecule has 0 aromatic rings. The summed E-state index contributed by atoms with van der Waals surface area (Å²) in [5, 5.41) is 0. The topological polar surface area (TPSA) is 18.5 Å². The van der Waals surface area contributed by atoms with Crippen LogP contribution in [0.3, 0.4) is 0 Å². The molecule has 0 amide bonds. The molecular formula is C12H24O2. The van der Waals surface area contributed by atoms with E-state index >= 15 is 0 Å². The van der Waals surface area contributed by atoms with Crippen LogP contribution in [-0.2, 0) is 9.47 Å². The van der Waals surface area contributed by atoms with Gasteiger partial charge in [0.1, 0.15) is 0 Å². The second-order valence-corrected chi connectivity index (χ2v) is 4.41. The van der Waals surface area contributed by atoms with Gasteiger partial charge in [-0.2, -0.15) is 0 Å². The zero-order valence-corrected chi connectivity index (χ0v) is 10.0. The van der Waals surface area contributed by atoms with Crippen LogP contribution in [0.2, 0.25) is 0 Å². The van der Waals surface area contributed by atoms with Crippen molar-refractivity contribution < 1.29 is 9.47 Å². The van der Waals surface area contributed by atoms with Crippen LogP contribution in [0.4, 0.5) is 0 Å². The van der Waals surface area contributed by atoms with E-state index in [1.165, 1.54) is 6.42 Å². The van der Waals surface area contributed by atoms with E-state index < -0.39 is 0 Å². The highest BCUT2D eigenvalue weighted by Gasteiger charge is 2.36. The Labute approximate surface area is 88.0 Å². The van der Waals surface area contributed by atoms with Crippen molar-refractivity contribution in [2.24, 2.45) is 5.92 Å². The van der Waals surface area contributed by atoms with Gasteiger partial charge in [0.05, 0.1) is 12.7 Å². The molecule has 14 heavy (non-hydrogen) atoms. The van der Waals surface area contributed by atoms with Crippen molar-refractivity contribution in [3.05, 3.63) is 0 Å². The van der Waals surface area contributed by atoms with E-state index in [-0.39, 0.29) is 5.79 Å². The fourth-order valence-electron chi connectivity index (χ4n) is 1.99. The quantitative estimate of drug-likeness (QED) is 0.693. The molecule has 2 heteroatoms. The third kappa shape index (κ3) is 2.71. The number of ether oxygens (including phenoxy) is 2. The maximum Gasteiger partial charge on any atom is 0.165 e. The van der Waals surface area contributed by atoms with Crippen LogP contribution in [-0.4, -0.2) is 18.5 Å². The average Bonchev–Trinajstić information content (AvgIpc) is 2.19. The Bertz CT molecular complexity index is 170. The van der Waals surface area contributed by atoms with E-state index in [0.717, 1.165) is 25.9 Å². The summed E-state index contributed by atoms with van der Waals surface area (Å²) in [5.74, 6) is 0.264. The van der Waals surface area contributed by atoms with Crippen molar-refractivity contribution in [1.29, 1.82) is 0 Å². The van der Waals surface area contributed by atoms with Crippen molar-refractivity contribution in [2.45, 2.75) is 65.3 Å². The summed E-state index contributed by atoms with van der Waals surface area (Å²) in [6.45, 7) is 9.48. The fraction of sp³-hybridized carbons (Fsp3) is 1.00. The van der Waals surface area contributed by atoms with Gasteiger partial charge in [-0.1, -0.05) is 27.2 Å². The van der Waals surface area contributed by atoms with Crippen LogP contribution in [0.15, 0.2) is 0 Å². The van der Waals surface area contributed by atoms with Gasteiger partial charge in [-0.25, -0.2) is 0 Å². The largest absolute Gasteiger partial charge is 0.350 e. The zero-order chi connectivity index (χ0) is 10.6. The number of rotatable bonds is 4. The van der Waals surface area contributed by atoms with E-state index in [9.17, 15) is 0 Å². The van der Waals surface area contributed by atoms with E-state index in [0.29, 0.717) is 12.0 Å². The minimum absolute atomic E-state index is 0.328. The molecule has 1 aliphatic rings. The molecule has 0 aromatic heterocycles. The predicted molar refractivity (Wildman–Crippen MR) is 58.2 cm³/mol. The molecule has 0 saturated carbocycles. The van der Waals surface area contributed by atoms with Gasteiger partial charge in [0, 0.05) is 5.92 Å². The molecule has 2 nitrogen and oxygen atoms in total. The lowest BCUT2D eigenvalue weighted by atomic mass is 9.94. The molecule has 0 radical (unpaired) electrons. The maximum absolute atomic E-state index is 6.04. The third-order valence-electron chi connectivity index (χ3n) is 3.27. The first-order chi connectivity index (χ1) is 6.65. The minimum Gasteiger partial charge on any atom is -0.350 e. The van der Waals surface area contributed by atoms with Crippen molar-refractivity contribution in [3.8, 4) is 0 Å². The highest BCUT2D eigenvalue weighted by molar-refractivity contribution is 4.78. The molecule has 0 bridgehead atoms. The highest BCUT2D eigenvalue weighted by atomic mass is 16.7. The first-order valence-electron chi connectivity index (χ1n) is 5.97. The lowest BCUT2D eigenvalue weighted by Gasteiger charge is -2.42. The molecule has 3 unspecified atom stereocenters. The molecule has 0 aromatic carbocycles. The first-order valence-corrected chi connectivity index (χ1v) is 5.97. The summed E-state index contributed by atoms with van der Waals surface area (Å²) in [7, 11) is 0. The summed E-state index contributed by atoms with van der Waals surface area (Å²) >= 11 is 0. The van der Waals surface area contributed by atoms with Crippen molar-refractivity contribution in [3.63, 3.8) is 0 Å². The molecule has 3 atom stereocenters. The number of hydrogen-bond donors (Lipinski definition) is 0. The normalized spacial score (nSPS) is 38.6. The second-order valence-electron chi connectivity index (χ2n) is 4.41. The monoisotopic (exact) mass is 200 g/mol.